The summed E-state index contributed by atoms with van der Waals surface area (Å²) >= 11 is 6.23. The van der Waals surface area contributed by atoms with Gasteiger partial charge in [0, 0.05) is 23.2 Å². The highest BCUT2D eigenvalue weighted by atomic mass is 35.5. The van der Waals surface area contributed by atoms with Crippen molar-refractivity contribution in [3.05, 3.63) is 87.7 Å². The molecule has 0 saturated carbocycles. The minimum Gasteiger partial charge on any atom is -0.326 e. The van der Waals surface area contributed by atoms with Crippen LogP contribution in [-0.4, -0.2) is 21.4 Å². The second kappa shape index (κ2) is 10.1. The summed E-state index contributed by atoms with van der Waals surface area (Å²) in [5.74, 6) is -0.604. The number of hydrogen-bond donors (Lipinski definition) is 2. The Morgan fingerprint density at radius 2 is 1.74 bits per heavy atom. The van der Waals surface area contributed by atoms with E-state index in [1.165, 1.54) is 11.5 Å². The smallest absolute Gasteiger partial charge is 0.278 e. The summed E-state index contributed by atoms with van der Waals surface area (Å²) in [4.78, 5) is 43.6. The number of carbonyl (C=O) groups excluding carboxylic acids is 2. The Morgan fingerprint density at radius 1 is 1.03 bits per heavy atom. The fourth-order valence-corrected chi connectivity index (χ4v) is 4.19. The average Bonchev–Trinajstić information content (AvgIpc) is 2.83. The topological polar surface area (TPSA) is 93.1 Å². The van der Waals surface area contributed by atoms with Crippen molar-refractivity contribution in [2.24, 2.45) is 0 Å². The SMILES string of the molecule is CC[C@H](C(=O)Nc1ccc(C)c(Cl)c1)n1c(=O)c(-c2ccccc2NC(C)=O)nc2ccccc21. The van der Waals surface area contributed by atoms with Crippen molar-refractivity contribution in [3.63, 3.8) is 0 Å². The Bertz CT molecular complexity index is 1500. The average molecular weight is 489 g/mol. The number of aryl methyl sites for hydroxylation is 1. The third-order valence-corrected chi connectivity index (χ3v) is 6.14. The summed E-state index contributed by atoms with van der Waals surface area (Å²) in [6.45, 7) is 5.13. The molecule has 35 heavy (non-hydrogen) atoms. The molecule has 7 nitrogen and oxygen atoms in total. The van der Waals surface area contributed by atoms with Gasteiger partial charge >= 0.3 is 0 Å². The fraction of sp³-hybridized carbons (Fsp3) is 0.185. The fourth-order valence-electron chi connectivity index (χ4n) is 4.01. The van der Waals surface area contributed by atoms with Gasteiger partial charge in [0.25, 0.3) is 5.56 Å². The second-order valence-electron chi connectivity index (χ2n) is 8.23. The number of para-hydroxylation sites is 3. The summed E-state index contributed by atoms with van der Waals surface area (Å²) in [6.07, 6.45) is 0.367. The van der Waals surface area contributed by atoms with Gasteiger partial charge in [0.05, 0.1) is 16.7 Å². The number of anilines is 2. The van der Waals surface area contributed by atoms with E-state index >= 15 is 0 Å². The molecule has 2 N–H and O–H groups in total. The number of aromatic nitrogens is 2. The van der Waals surface area contributed by atoms with Crippen LogP contribution in [-0.2, 0) is 9.59 Å². The molecule has 0 aliphatic carbocycles. The van der Waals surface area contributed by atoms with Crippen LogP contribution in [0.3, 0.4) is 0 Å². The van der Waals surface area contributed by atoms with E-state index < -0.39 is 11.6 Å². The van der Waals surface area contributed by atoms with E-state index in [-0.39, 0.29) is 17.5 Å². The molecule has 4 rings (SSSR count). The van der Waals surface area contributed by atoms with Crippen LogP contribution in [0, 0.1) is 6.92 Å². The van der Waals surface area contributed by atoms with Gasteiger partial charge in [-0.2, -0.15) is 0 Å². The van der Waals surface area contributed by atoms with Gasteiger partial charge in [-0.15, -0.1) is 0 Å². The molecule has 0 aliphatic rings. The molecule has 1 aromatic heterocycles. The third-order valence-electron chi connectivity index (χ3n) is 5.73. The molecule has 3 aromatic carbocycles. The lowest BCUT2D eigenvalue weighted by Gasteiger charge is -2.21. The molecule has 1 heterocycles. The van der Waals surface area contributed by atoms with Crippen molar-refractivity contribution in [1.82, 2.24) is 9.55 Å². The van der Waals surface area contributed by atoms with Gasteiger partial charge in [0.1, 0.15) is 11.7 Å². The molecule has 4 aromatic rings. The first-order valence-corrected chi connectivity index (χ1v) is 11.6. The van der Waals surface area contributed by atoms with Crippen LogP contribution >= 0.6 is 11.6 Å². The minimum absolute atomic E-state index is 0.151. The Kier molecular flexibility index (Phi) is 6.98. The number of fused-ring (bicyclic) bond motifs is 1. The second-order valence-corrected chi connectivity index (χ2v) is 8.64. The zero-order chi connectivity index (χ0) is 25.1. The molecular formula is C27H25ClN4O3. The Hall–Kier alpha value is -3.97. The molecule has 0 saturated heterocycles. The van der Waals surface area contributed by atoms with Crippen molar-refractivity contribution in [2.75, 3.05) is 10.6 Å². The van der Waals surface area contributed by atoms with Crippen molar-refractivity contribution >= 4 is 45.8 Å². The van der Waals surface area contributed by atoms with E-state index in [1.54, 1.807) is 54.6 Å². The molecule has 8 heteroatoms. The van der Waals surface area contributed by atoms with Crippen LogP contribution in [0.2, 0.25) is 5.02 Å². The molecule has 0 spiro atoms. The highest BCUT2D eigenvalue weighted by molar-refractivity contribution is 6.31. The minimum atomic E-state index is -0.804. The first kappa shape index (κ1) is 24.2. The first-order chi connectivity index (χ1) is 16.8. The van der Waals surface area contributed by atoms with Crippen LogP contribution < -0.4 is 16.2 Å². The number of nitrogens with zero attached hydrogens (tertiary/aromatic N) is 2. The summed E-state index contributed by atoms with van der Waals surface area (Å²) in [5.41, 5.74) is 3.22. The van der Waals surface area contributed by atoms with Crippen LogP contribution in [0.4, 0.5) is 11.4 Å². The molecular weight excluding hydrogens is 464 g/mol. The lowest BCUT2D eigenvalue weighted by molar-refractivity contribution is -0.119. The van der Waals surface area contributed by atoms with E-state index in [9.17, 15) is 14.4 Å². The lowest BCUT2D eigenvalue weighted by atomic mass is 10.1. The number of rotatable bonds is 6. The van der Waals surface area contributed by atoms with E-state index in [0.29, 0.717) is 39.4 Å². The van der Waals surface area contributed by atoms with Crippen molar-refractivity contribution < 1.29 is 9.59 Å². The number of halogens is 1. The summed E-state index contributed by atoms with van der Waals surface area (Å²) in [6, 6.07) is 18.6. The molecule has 0 unspecified atom stereocenters. The largest absolute Gasteiger partial charge is 0.326 e. The molecule has 2 amide bonds. The van der Waals surface area contributed by atoms with Gasteiger partial charge in [0.2, 0.25) is 11.8 Å². The first-order valence-electron chi connectivity index (χ1n) is 11.3. The maximum absolute atomic E-state index is 13.9. The van der Waals surface area contributed by atoms with Crippen LogP contribution in [0.5, 0.6) is 0 Å². The van der Waals surface area contributed by atoms with Crippen LogP contribution in [0.25, 0.3) is 22.3 Å². The van der Waals surface area contributed by atoms with E-state index in [0.717, 1.165) is 5.56 Å². The highest BCUT2D eigenvalue weighted by Crippen LogP contribution is 2.28. The number of benzene rings is 3. The number of nitrogens with one attached hydrogen (secondary N) is 2. The monoisotopic (exact) mass is 488 g/mol. The number of hydrogen-bond acceptors (Lipinski definition) is 4. The van der Waals surface area contributed by atoms with E-state index in [4.69, 9.17) is 11.6 Å². The molecule has 0 aliphatic heterocycles. The summed E-state index contributed by atoms with van der Waals surface area (Å²) < 4.78 is 1.48. The lowest BCUT2D eigenvalue weighted by Crippen LogP contribution is -2.34. The zero-order valence-corrected chi connectivity index (χ0v) is 20.4. The van der Waals surface area contributed by atoms with Gasteiger partial charge in [0.15, 0.2) is 0 Å². The normalized spacial score (nSPS) is 11.8. The molecule has 178 valence electrons. The van der Waals surface area contributed by atoms with Gasteiger partial charge in [-0.25, -0.2) is 4.98 Å². The maximum atomic E-state index is 13.9. The predicted molar refractivity (Wildman–Crippen MR) is 140 cm³/mol. The maximum Gasteiger partial charge on any atom is 0.278 e. The number of amides is 2. The third kappa shape index (κ3) is 4.95. The molecule has 0 fully saturated rings. The highest BCUT2D eigenvalue weighted by Gasteiger charge is 2.25. The Labute approximate surface area is 207 Å². The molecule has 0 bridgehead atoms. The number of carbonyl (C=O) groups is 2. The van der Waals surface area contributed by atoms with Gasteiger partial charge in [-0.05, 0) is 49.2 Å². The predicted octanol–water partition coefficient (Wildman–Crippen LogP) is 5.57. The van der Waals surface area contributed by atoms with Crippen LogP contribution in [0.1, 0.15) is 31.9 Å². The van der Waals surface area contributed by atoms with Crippen molar-refractivity contribution in [1.29, 1.82) is 0 Å². The van der Waals surface area contributed by atoms with Crippen molar-refractivity contribution in [3.8, 4) is 11.3 Å². The quantitative estimate of drug-likeness (QED) is 0.371. The standard InChI is InChI=1S/C27H25ClN4O3/c1-4-23(26(34)30-18-14-13-16(2)20(28)15-18)32-24-12-8-7-11-22(24)31-25(27(32)35)19-9-5-6-10-21(19)29-17(3)33/h5-15,23H,4H2,1-3H3,(H,29,33)(H,30,34)/t23-/m1/s1. The van der Waals surface area contributed by atoms with Gasteiger partial charge in [-0.3, -0.25) is 19.0 Å². The van der Waals surface area contributed by atoms with Gasteiger partial charge < -0.3 is 10.6 Å². The van der Waals surface area contributed by atoms with Crippen LogP contribution in [0.15, 0.2) is 71.5 Å². The Morgan fingerprint density at radius 3 is 2.46 bits per heavy atom. The van der Waals surface area contributed by atoms with Gasteiger partial charge in [-0.1, -0.05) is 54.9 Å². The molecule has 0 radical (unpaired) electrons. The zero-order valence-electron chi connectivity index (χ0n) is 19.6. The van der Waals surface area contributed by atoms with E-state index in [2.05, 4.69) is 15.6 Å². The van der Waals surface area contributed by atoms with Crippen molar-refractivity contribution in [2.45, 2.75) is 33.2 Å². The summed E-state index contributed by atoms with van der Waals surface area (Å²) in [5, 5.41) is 6.18. The van der Waals surface area contributed by atoms with E-state index in [1.807, 2.05) is 26.0 Å². The molecule has 1 atom stereocenters. The summed E-state index contributed by atoms with van der Waals surface area (Å²) in [7, 11) is 0. The Balaban J connectivity index is 1.87.